The lowest BCUT2D eigenvalue weighted by atomic mass is 10.1. The lowest BCUT2D eigenvalue weighted by molar-refractivity contribution is -0.682. The Labute approximate surface area is 151 Å². The van der Waals surface area contributed by atoms with Crippen molar-refractivity contribution in [2.45, 2.75) is 6.54 Å². The summed E-state index contributed by atoms with van der Waals surface area (Å²) in [4.78, 5) is 12.3. The Kier molecular flexibility index (Phi) is 6.08. The second-order valence-corrected chi connectivity index (χ2v) is 5.50. The van der Waals surface area contributed by atoms with Crippen molar-refractivity contribution in [2.75, 3.05) is 0 Å². The van der Waals surface area contributed by atoms with E-state index in [1.165, 1.54) is 0 Å². The summed E-state index contributed by atoms with van der Waals surface area (Å²) >= 11 is 5.85. The highest BCUT2D eigenvalue weighted by molar-refractivity contribution is 6.30. The molecule has 0 radical (unpaired) electrons. The van der Waals surface area contributed by atoms with Crippen LogP contribution in [-0.4, -0.2) is 5.78 Å². The zero-order chi connectivity index (χ0) is 15.4. The van der Waals surface area contributed by atoms with Gasteiger partial charge < -0.3 is 17.0 Å². The Morgan fingerprint density at radius 2 is 1.52 bits per heavy atom. The summed E-state index contributed by atoms with van der Waals surface area (Å²) in [7, 11) is 0. The SMILES string of the molecule is O=C(C[n+]1cccc(-c2ccccc2)c1)c1ccc(Cl)cc1.[Br-]. The van der Waals surface area contributed by atoms with Crippen LogP contribution in [0.3, 0.4) is 0 Å². The molecule has 1 aromatic heterocycles. The number of carbonyl (C=O) groups excluding carboxylic acids is 1. The van der Waals surface area contributed by atoms with Crippen LogP contribution in [0.2, 0.25) is 5.02 Å². The number of aromatic nitrogens is 1. The summed E-state index contributed by atoms with van der Waals surface area (Å²) in [5.41, 5.74) is 2.89. The quantitative estimate of drug-likeness (QED) is 0.486. The molecule has 3 rings (SSSR count). The first-order valence-corrected chi connectivity index (χ1v) is 7.43. The molecular formula is C19H15BrClNO. The second-order valence-electron chi connectivity index (χ2n) is 5.06. The highest BCUT2D eigenvalue weighted by Crippen LogP contribution is 2.16. The van der Waals surface area contributed by atoms with Crippen LogP contribution >= 0.6 is 11.6 Å². The molecule has 0 fully saturated rings. The predicted molar refractivity (Wildman–Crippen MR) is 87.9 cm³/mol. The molecule has 0 amide bonds. The summed E-state index contributed by atoms with van der Waals surface area (Å²) < 4.78 is 1.90. The van der Waals surface area contributed by atoms with Crippen molar-refractivity contribution < 1.29 is 26.3 Å². The number of nitrogens with zero attached hydrogens (tertiary/aromatic N) is 1. The van der Waals surface area contributed by atoms with Gasteiger partial charge in [0.1, 0.15) is 0 Å². The lowest BCUT2D eigenvalue weighted by Gasteiger charge is -2.02. The topological polar surface area (TPSA) is 20.9 Å². The predicted octanol–water partition coefficient (Wildman–Crippen LogP) is 1.18. The Morgan fingerprint density at radius 3 is 2.22 bits per heavy atom. The molecule has 2 nitrogen and oxygen atoms in total. The largest absolute Gasteiger partial charge is 1.00 e. The monoisotopic (exact) mass is 387 g/mol. The van der Waals surface area contributed by atoms with Gasteiger partial charge in [0.05, 0.1) is 0 Å². The fourth-order valence-electron chi connectivity index (χ4n) is 2.31. The molecule has 23 heavy (non-hydrogen) atoms. The third-order valence-electron chi connectivity index (χ3n) is 3.46. The van der Waals surface area contributed by atoms with Crippen molar-refractivity contribution in [1.82, 2.24) is 0 Å². The first-order valence-electron chi connectivity index (χ1n) is 7.06. The summed E-state index contributed by atoms with van der Waals surface area (Å²) in [5, 5.41) is 0.635. The third-order valence-corrected chi connectivity index (χ3v) is 3.71. The maximum atomic E-state index is 12.3. The molecule has 0 saturated carbocycles. The van der Waals surface area contributed by atoms with Crippen LogP contribution in [0.5, 0.6) is 0 Å². The Balaban J connectivity index is 0.00000192. The summed E-state index contributed by atoms with van der Waals surface area (Å²) in [6.07, 6.45) is 3.89. The molecule has 116 valence electrons. The highest BCUT2D eigenvalue weighted by atomic mass is 79.9. The molecule has 0 unspecified atom stereocenters. The van der Waals surface area contributed by atoms with Crippen LogP contribution in [0.25, 0.3) is 11.1 Å². The van der Waals surface area contributed by atoms with E-state index >= 15 is 0 Å². The molecule has 0 spiro atoms. The van der Waals surface area contributed by atoms with E-state index in [1.807, 2.05) is 47.3 Å². The lowest BCUT2D eigenvalue weighted by Crippen LogP contribution is -3.00. The molecule has 0 aliphatic carbocycles. The number of ketones is 1. The molecule has 0 N–H and O–H groups in total. The van der Waals surface area contributed by atoms with E-state index in [1.54, 1.807) is 24.3 Å². The van der Waals surface area contributed by atoms with E-state index in [2.05, 4.69) is 12.1 Å². The zero-order valence-corrected chi connectivity index (χ0v) is 14.7. The number of benzene rings is 2. The number of hydrogen-bond acceptors (Lipinski definition) is 1. The van der Waals surface area contributed by atoms with Crippen LogP contribution in [0.15, 0.2) is 79.1 Å². The molecule has 4 heteroatoms. The Bertz CT molecular complexity index is 788. The van der Waals surface area contributed by atoms with Gasteiger partial charge >= 0.3 is 0 Å². The van der Waals surface area contributed by atoms with Crippen LogP contribution in [-0.2, 0) is 6.54 Å². The first kappa shape index (κ1) is 17.4. The Morgan fingerprint density at radius 1 is 0.870 bits per heavy atom. The minimum absolute atomic E-state index is 0. The molecule has 1 heterocycles. The van der Waals surface area contributed by atoms with Crippen molar-refractivity contribution in [3.8, 4) is 11.1 Å². The number of hydrogen-bond donors (Lipinski definition) is 0. The van der Waals surface area contributed by atoms with Gasteiger partial charge in [0.25, 0.3) is 0 Å². The first-order chi connectivity index (χ1) is 10.7. The maximum absolute atomic E-state index is 12.3. The van der Waals surface area contributed by atoms with Crippen LogP contribution in [0.1, 0.15) is 10.4 Å². The number of rotatable bonds is 4. The average Bonchev–Trinajstić information content (AvgIpc) is 2.56. The van der Waals surface area contributed by atoms with E-state index < -0.39 is 0 Å². The zero-order valence-electron chi connectivity index (χ0n) is 12.3. The van der Waals surface area contributed by atoms with Crippen LogP contribution in [0.4, 0.5) is 0 Å². The highest BCUT2D eigenvalue weighted by Gasteiger charge is 2.13. The van der Waals surface area contributed by atoms with Crippen LogP contribution < -0.4 is 21.5 Å². The number of carbonyl (C=O) groups is 1. The maximum Gasteiger partial charge on any atom is 0.227 e. The van der Waals surface area contributed by atoms with Gasteiger partial charge in [-0.05, 0) is 35.9 Å². The Hall–Kier alpha value is -1.97. The summed E-state index contributed by atoms with van der Waals surface area (Å²) in [6.45, 7) is 0.308. The molecule has 3 aromatic rings. The molecule has 0 bridgehead atoms. The van der Waals surface area contributed by atoms with Crippen LogP contribution in [0, 0.1) is 0 Å². The number of pyridine rings is 1. The van der Waals surface area contributed by atoms with Gasteiger partial charge in [0.2, 0.25) is 12.3 Å². The van der Waals surface area contributed by atoms with Gasteiger partial charge in [-0.15, -0.1) is 0 Å². The molecule has 0 atom stereocenters. The smallest absolute Gasteiger partial charge is 0.227 e. The fraction of sp³-hybridized carbons (Fsp3) is 0.0526. The van der Waals surface area contributed by atoms with Gasteiger partial charge in [-0.1, -0.05) is 41.9 Å². The number of Topliss-reactive ketones (excluding diaryl/α,β-unsaturated/α-hetero) is 1. The molecule has 0 aliphatic heterocycles. The summed E-state index contributed by atoms with van der Waals surface area (Å²) in [6, 6.07) is 21.1. The molecule has 0 aliphatic rings. The summed E-state index contributed by atoms with van der Waals surface area (Å²) in [5.74, 6) is 0.0619. The van der Waals surface area contributed by atoms with Gasteiger partial charge in [-0.25, -0.2) is 0 Å². The second kappa shape index (κ2) is 8.04. The van der Waals surface area contributed by atoms with E-state index in [-0.39, 0.29) is 22.8 Å². The van der Waals surface area contributed by atoms with Crippen molar-refractivity contribution in [2.24, 2.45) is 0 Å². The minimum atomic E-state index is 0. The normalized spacial score (nSPS) is 9.96. The number of halogens is 2. The van der Waals surface area contributed by atoms with E-state index in [9.17, 15) is 4.79 Å². The fourth-order valence-corrected chi connectivity index (χ4v) is 2.44. The molecule has 0 saturated heterocycles. The minimum Gasteiger partial charge on any atom is -1.00 e. The van der Waals surface area contributed by atoms with Crippen molar-refractivity contribution in [3.63, 3.8) is 0 Å². The van der Waals surface area contributed by atoms with Crippen molar-refractivity contribution >= 4 is 17.4 Å². The third kappa shape index (κ3) is 4.50. The van der Waals surface area contributed by atoms with E-state index in [4.69, 9.17) is 11.6 Å². The van der Waals surface area contributed by atoms with E-state index in [0.717, 1.165) is 11.1 Å². The van der Waals surface area contributed by atoms with E-state index in [0.29, 0.717) is 17.1 Å². The van der Waals surface area contributed by atoms with Gasteiger partial charge in [-0.2, -0.15) is 4.57 Å². The van der Waals surface area contributed by atoms with Gasteiger partial charge in [0, 0.05) is 22.2 Å². The van der Waals surface area contributed by atoms with Crippen molar-refractivity contribution in [3.05, 3.63) is 89.7 Å². The molecule has 2 aromatic carbocycles. The molecular weight excluding hydrogens is 374 g/mol. The average molecular weight is 389 g/mol. The van der Waals surface area contributed by atoms with Crippen molar-refractivity contribution in [1.29, 1.82) is 0 Å². The van der Waals surface area contributed by atoms with Gasteiger partial charge in [-0.3, -0.25) is 4.79 Å². The van der Waals surface area contributed by atoms with Gasteiger partial charge in [0.15, 0.2) is 12.4 Å². The standard InChI is InChI=1S/C19H15ClNO.BrH/c20-18-10-8-16(9-11-18)19(22)14-21-12-4-7-17(13-21)15-5-2-1-3-6-15;/h1-13H,14H2;1H/q+1;/p-1.